The van der Waals surface area contributed by atoms with Crippen LogP contribution in [0.5, 0.6) is 0 Å². The van der Waals surface area contributed by atoms with Crippen molar-refractivity contribution in [2.45, 2.75) is 19.8 Å². The van der Waals surface area contributed by atoms with E-state index in [0.717, 1.165) is 12.8 Å². The number of hydrogen-bond acceptors (Lipinski definition) is 5. The van der Waals surface area contributed by atoms with Crippen LogP contribution in [0.15, 0.2) is 59.4 Å². The third-order valence-corrected chi connectivity index (χ3v) is 5.46. The Balaban J connectivity index is 1.61. The van der Waals surface area contributed by atoms with E-state index < -0.39 is 5.97 Å². The van der Waals surface area contributed by atoms with E-state index in [9.17, 15) is 14.4 Å². The summed E-state index contributed by atoms with van der Waals surface area (Å²) in [6, 6.07) is 15.6. The van der Waals surface area contributed by atoms with Gasteiger partial charge in [0.25, 0.3) is 11.5 Å². The van der Waals surface area contributed by atoms with Crippen LogP contribution in [0, 0.1) is 5.92 Å². The number of nitrogens with zero attached hydrogens (tertiary/aromatic N) is 3. The van der Waals surface area contributed by atoms with Crippen LogP contribution < -0.4 is 5.56 Å². The van der Waals surface area contributed by atoms with Crippen molar-refractivity contribution in [3.05, 3.63) is 70.6 Å². The fourth-order valence-corrected chi connectivity index (χ4v) is 3.63. The first kappa shape index (κ1) is 19.8. The lowest BCUT2D eigenvalue weighted by molar-refractivity contribution is -0.135. The number of ether oxygens (including phenoxy) is 1. The average Bonchev–Trinajstić information content (AvgIpc) is 2.79. The highest BCUT2D eigenvalue weighted by molar-refractivity contribution is 6.02. The molecule has 1 saturated heterocycles. The molecular formula is C23H23N3O4. The number of piperidine rings is 1. The second-order valence-corrected chi connectivity index (χ2v) is 7.59. The third-order valence-electron chi connectivity index (χ3n) is 5.46. The molecule has 1 fully saturated rings. The van der Waals surface area contributed by atoms with E-state index in [4.69, 9.17) is 4.74 Å². The van der Waals surface area contributed by atoms with Crippen molar-refractivity contribution >= 4 is 22.6 Å². The minimum absolute atomic E-state index is 0.00844. The maximum atomic E-state index is 12.9. The number of para-hydroxylation sites is 1. The summed E-state index contributed by atoms with van der Waals surface area (Å²) < 4.78 is 6.49. The van der Waals surface area contributed by atoms with Gasteiger partial charge in [0.15, 0.2) is 12.3 Å². The van der Waals surface area contributed by atoms with Gasteiger partial charge in [-0.15, -0.1) is 0 Å². The van der Waals surface area contributed by atoms with Crippen molar-refractivity contribution in [1.82, 2.24) is 14.7 Å². The Labute approximate surface area is 173 Å². The molecule has 0 atom stereocenters. The number of aromatic nitrogens is 2. The van der Waals surface area contributed by atoms with Gasteiger partial charge in [-0.05, 0) is 37.0 Å². The van der Waals surface area contributed by atoms with Gasteiger partial charge in [-0.2, -0.15) is 9.78 Å². The number of carbonyl (C=O) groups excluding carboxylic acids is 2. The fourth-order valence-electron chi connectivity index (χ4n) is 3.63. The van der Waals surface area contributed by atoms with Crippen molar-refractivity contribution in [3.8, 4) is 5.69 Å². The van der Waals surface area contributed by atoms with Crippen LogP contribution in [-0.4, -0.2) is 46.3 Å². The maximum absolute atomic E-state index is 12.9. The summed E-state index contributed by atoms with van der Waals surface area (Å²) in [7, 11) is 0. The van der Waals surface area contributed by atoms with E-state index in [2.05, 4.69) is 12.0 Å². The molecule has 30 heavy (non-hydrogen) atoms. The average molecular weight is 405 g/mol. The summed E-state index contributed by atoms with van der Waals surface area (Å²) in [5, 5.41) is 5.04. The Hall–Kier alpha value is -3.48. The van der Waals surface area contributed by atoms with Gasteiger partial charge in [-0.3, -0.25) is 9.59 Å². The molecule has 0 saturated carbocycles. The molecule has 0 bridgehead atoms. The first-order valence-electron chi connectivity index (χ1n) is 10.1. The van der Waals surface area contributed by atoms with Crippen molar-refractivity contribution in [2.75, 3.05) is 19.7 Å². The molecule has 2 aromatic carbocycles. The summed E-state index contributed by atoms with van der Waals surface area (Å²) >= 11 is 0. The summed E-state index contributed by atoms with van der Waals surface area (Å²) in [5.41, 5.74) is 0.224. The Morgan fingerprint density at radius 2 is 1.63 bits per heavy atom. The van der Waals surface area contributed by atoms with Gasteiger partial charge in [0.2, 0.25) is 0 Å². The molecule has 2 heterocycles. The molecule has 0 unspecified atom stereocenters. The Bertz CT molecular complexity index is 1130. The molecule has 1 aliphatic heterocycles. The minimum atomic E-state index is -0.727. The second-order valence-electron chi connectivity index (χ2n) is 7.59. The lowest BCUT2D eigenvalue weighted by Gasteiger charge is -2.30. The minimum Gasteiger partial charge on any atom is -0.451 e. The summed E-state index contributed by atoms with van der Waals surface area (Å²) in [4.78, 5) is 39.9. The number of carbonyl (C=O) groups is 2. The highest BCUT2D eigenvalue weighted by Crippen LogP contribution is 2.18. The molecule has 1 aliphatic rings. The van der Waals surface area contributed by atoms with E-state index in [-0.39, 0.29) is 23.8 Å². The second kappa shape index (κ2) is 8.49. The zero-order valence-corrected chi connectivity index (χ0v) is 16.8. The van der Waals surface area contributed by atoms with Gasteiger partial charge < -0.3 is 9.64 Å². The fraction of sp³-hybridized carbons (Fsp3) is 0.304. The van der Waals surface area contributed by atoms with Crippen molar-refractivity contribution in [2.24, 2.45) is 5.92 Å². The highest BCUT2D eigenvalue weighted by atomic mass is 16.5. The first-order valence-corrected chi connectivity index (χ1v) is 10.1. The maximum Gasteiger partial charge on any atom is 0.359 e. The van der Waals surface area contributed by atoms with Gasteiger partial charge in [0.1, 0.15) is 0 Å². The van der Waals surface area contributed by atoms with Crippen LogP contribution in [0.3, 0.4) is 0 Å². The van der Waals surface area contributed by atoms with Gasteiger partial charge in [0, 0.05) is 18.5 Å². The standard InChI is InChI=1S/C23H23N3O4/c1-16-11-13-25(14-12-16)20(27)15-30-23(29)21-18-9-5-6-10-19(18)22(28)26(24-21)17-7-3-2-4-8-17/h2-10,16H,11-15H2,1H3. The monoisotopic (exact) mass is 405 g/mol. The van der Waals surface area contributed by atoms with Crippen LogP contribution in [0.2, 0.25) is 0 Å². The Morgan fingerprint density at radius 1 is 1.00 bits per heavy atom. The number of likely N-dealkylation sites (tertiary alicyclic amines) is 1. The van der Waals surface area contributed by atoms with Gasteiger partial charge in [-0.25, -0.2) is 4.79 Å². The third kappa shape index (κ3) is 3.96. The van der Waals surface area contributed by atoms with E-state index >= 15 is 0 Å². The summed E-state index contributed by atoms with van der Waals surface area (Å²) in [5.74, 6) is -0.336. The number of hydrogen-bond donors (Lipinski definition) is 0. The quantitative estimate of drug-likeness (QED) is 0.624. The van der Waals surface area contributed by atoms with Crippen LogP contribution in [-0.2, 0) is 9.53 Å². The largest absolute Gasteiger partial charge is 0.451 e. The predicted molar refractivity (Wildman–Crippen MR) is 113 cm³/mol. The van der Waals surface area contributed by atoms with Crippen molar-refractivity contribution < 1.29 is 14.3 Å². The van der Waals surface area contributed by atoms with E-state index in [0.29, 0.717) is 35.5 Å². The first-order chi connectivity index (χ1) is 14.5. The molecule has 1 amide bonds. The van der Waals surface area contributed by atoms with Crippen LogP contribution >= 0.6 is 0 Å². The molecular weight excluding hydrogens is 382 g/mol. The SMILES string of the molecule is CC1CCN(C(=O)COC(=O)c2nn(-c3ccccc3)c(=O)c3ccccc23)CC1. The van der Waals surface area contributed by atoms with Crippen molar-refractivity contribution in [3.63, 3.8) is 0 Å². The van der Waals surface area contributed by atoms with Gasteiger partial charge in [-0.1, -0.05) is 43.3 Å². The number of benzene rings is 2. The molecule has 154 valence electrons. The Morgan fingerprint density at radius 3 is 2.33 bits per heavy atom. The van der Waals surface area contributed by atoms with Crippen molar-refractivity contribution in [1.29, 1.82) is 0 Å². The molecule has 3 aromatic rings. The van der Waals surface area contributed by atoms with Crippen LogP contribution in [0.4, 0.5) is 0 Å². The molecule has 0 aliphatic carbocycles. The molecule has 4 rings (SSSR count). The number of rotatable bonds is 4. The van der Waals surface area contributed by atoms with Gasteiger partial charge in [0.05, 0.1) is 11.1 Å². The van der Waals surface area contributed by atoms with Gasteiger partial charge >= 0.3 is 5.97 Å². The van der Waals surface area contributed by atoms with E-state index in [1.165, 1.54) is 4.68 Å². The summed E-state index contributed by atoms with van der Waals surface area (Å²) in [6.07, 6.45) is 1.90. The normalized spacial score (nSPS) is 14.6. The zero-order valence-electron chi connectivity index (χ0n) is 16.8. The zero-order chi connectivity index (χ0) is 21.1. The lowest BCUT2D eigenvalue weighted by Crippen LogP contribution is -2.40. The molecule has 7 nitrogen and oxygen atoms in total. The highest BCUT2D eigenvalue weighted by Gasteiger charge is 2.23. The van der Waals surface area contributed by atoms with Crippen LogP contribution in [0.1, 0.15) is 30.3 Å². The smallest absolute Gasteiger partial charge is 0.359 e. The van der Waals surface area contributed by atoms with E-state index in [1.54, 1.807) is 53.4 Å². The number of amides is 1. The molecule has 1 aromatic heterocycles. The molecule has 0 radical (unpaired) electrons. The molecule has 0 spiro atoms. The molecule has 7 heteroatoms. The predicted octanol–water partition coefficient (Wildman–Crippen LogP) is 2.80. The molecule has 0 N–H and O–H groups in total. The Kier molecular flexibility index (Phi) is 5.61. The summed E-state index contributed by atoms with van der Waals surface area (Å²) in [6.45, 7) is 3.18. The van der Waals surface area contributed by atoms with Crippen LogP contribution in [0.25, 0.3) is 16.5 Å². The number of esters is 1. The lowest BCUT2D eigenvalue weighted by atomic mass is 9.99. The van der Waals surface area contributed by atoms with E-state index in [1.807, 2.05) is 6.07 Å². The topological polar surface area (TPSA) is 81.5 Å². The number of fused-ring (bicyclic) bond motifs is 1.